The van der Waals surface area contributed by atoms with E-state index in [2.05, 4.69) is 18.7 Å². The second-order valence-electron chi connectivity index (χ2n) is 6.13. The molecule has 0 spiro atoms. The minimum Gasteiger partial charge on any atom is -0.326 e. The molecule has 112 valence electrons. The van der Waals surface area contributed by atoms with Crippen LogP contribution < -0.4 is 5.73 Å². The number of likely N-dealkylation sites (tertiary alicyclic amines) is 1. The average molecular weight is 315 g/mol. The van der Waals surface area contributed by atoms with Crippen LogP contribution in [0.3, 0.4) is 0 Å². The van der Waals surface area contributed by atoms with E-state index in [0.717, 1.165) is 35.1 Å². The third kappa shape index (κ3) is 3.67. The molecule has 0 aromatic heterocycles. The van der Waals surface area contributed by atoms with Crippen molar-refractivity contribution >= 4 is 23.2 Å². The van der Waals surface area contributed by atoms with Crippen LogP contribution in [0.2, 0.25) is 10.0 Å². The smallest absolute Gasteiger partial charge is 0.0528 e. The van der Waals surface area contributed by atoms with Crippen molar-refractivity contribution in [2.45, 2.75) is 45.2 Å². The summed E-state index contributed by atoms with van der Waals surface area (Å²) in [6.45, 7) is 6.57. The molecular weight excluding hydrogens is 291 g/mol. The quantitative estimate of drug-likeness (QED) is 0.889. The standard InChI is InChI=1S/C16H24Cl2N2/c1-11(2)10-20-9-4-3-8-14(19)16(20)15-12(17)6-5-7-13(15)18/h5-7,11,14,16H,3-4,8-10,19H2,1-2H3. The van der Waals surface area contributed by atoms with Crippen LogP contribution in [0, 0.1) is 5.92 Å². The molecule has 2 nitrogen and oxygen atoms in total. The number of hydrogen-bond donors (Lipinski definition) is 1. The van der Waals surface area contributed by atoms with Gasteiger partial charge in [-0.25, -0.2) is 0 Å². The van der Waals surface area contributed by atoms with Crippen LogP contribution in [-0.4, -0.2) is 24.0 Å². The van der Waals surface area contributed by atoms with E-state index in [9.17, 15) is 0 Å². The molecule has 1 aliphatic rings. The Bertz CT molecular complexity index is 428. The van der Waals surface area contributed by atoms with E-state index in [-0.39, 0.29) is 12.1 Å². The van der Waals surface area contributed by atoms with E-state index in [1.165, 1.54) is 12.8 Å². The minimum absolute atomic E-state index is 0.0913. The van der Waals surface area contributed by atoms with Gasteiger partial charge in [0.25, 0.3) is 0 Å². The number of rotatable bonds is 3. The summed E-state index contributed by atoms with van der Waals surface area (Å²) in [5, 5.41) is 1.46. The molecule has 0 aliphatic carbocycles. The van der Waals surface area contributed by atoms with Gasteiger partial charge in [0.05, 0.1) is 6.04 Å². The predicted octanol–water partition coefficient (Wildman–Crippen LogP) is 4.50. The average Bonchev–Trinajstić information content (AvgIpc) is 2.52. The summed E-state index contributed by atoms with van der Waals surface area (Å²) in [7, 11) is 0. The molecule has 4 heteroatoms. The van der Waals surface area contributed by atoms with Crippen molar-refractivity contribution in [3.63, 3.8) is 0 Å². The fourth-order valence-corrected chi connectivity index (χ4v) is 3.75. The third-order valence-corrected chi connectivity index (χ3v) is 4.59. The zero-order valence-electron chi connectivity index (χ0n) is 12.3. The Morgan fingerprint density at radius 1 is 1.25 bits per heavy atom. The first kappa shape index (κ1) is 16.1. The highest BCUT2D eigenvalue weighted by Crippen LogP contribution is 2.38. The highest BCUT2D eigenvalue weighted by molar-refractivity contribution is 6.36. The monoisotopic (exact) mass is 314 g/mol. The van der Waals surface area contributed by atoms with Gasteiger partial charge in [0, 0.05) is 28.2 Å². The maximum atomic E-state index is 6.46. The number of hydrogen-bond acceptors (Lipinski definition) is 2. The van der Waals surface area contributed by atoms with Gasteiger partial charge in [-0.3, -0.25) is 4.90 Å². The van der Waals surface area contributed by atoms with Gasteiger partial charge in [-0.2, -0.15) is 0 Å². The summed E-state index contributed by atoms with van der Waals surface area (Å²) in [6.07, 6.45) is 3.40. The Labute approximate surface area is 132 Å². The molecule has 2 N–H and O–H groups in total. The fraction of sp³-hybridized carbons (Fsp3) is 0.625. The molecule has 0 radical (unpaired) electrons. The summed E-state index contributed by atoms with van der Waals surface area (Å²) in [6, 6.07) is 5.93. The van der Waals surface area contributed by atoms with Gasteiger partial charge in [-0.05, 0) is 37.4 Å². The molecule has 20 heavy (non-hydrogen) atoms. The Morgan fingerprint density at radius 3 is 2.50 bits per heavy atom. The van der Waals surface area contributed by atoms with Crippen molar-refractivity contribution in [3.8, 4) is 0 Å². The van der Waals surface area contributed by atoms with Gasteiger partial charge in [-0.15, -0.1) is 0 Å². The number of nitrogens with two attached hydrogens (primary N) is 1. The van der Waals surface area contributed by atoms with Gasteiger partial charge < -0.3 is 5.73 Å². The minimum atomic E-state index is 0.0913. The summed E-state index contributed by atoms with van der Waals surface area (Å²) >= 11 is 12.8. The Morgan fingerprint density at radius 2 is 1.90 bits per heavy atom. The van der Waals surface area contributed by atoms with Gasteiger partial charge >= 0.3 is 0 Å². The summed E-state index contributed by atoms with van der Waals surface area (Å²) < 4.78 is 0. The Hall–Kier alpha value is -0.280. The van der Waals surface area contributed by atoms with Crippen LogP contribution in [0.25, 0.3) is 0 Å². The van der Waals surface area contributed by atoms with Crippen molar-refractivity contribution in [2.75, 3.05) is 13.1 Å². The molecular formula is C16H24Cl2N2. The molecule has 1 fully saturated rings. The first-order chi connectivity index (χ1) is 9.50. The number of nitrogens with zero attached hydrogens (tertiary/aromatic N) is 1. The molecule has 0 bridgehead atoms. The molecule has 2 unspecified atom stereocenters. The largest absolute Gasteiger partial charge is 0.326 e. The van der Waals surface area contributed by atoms with E-state index < -0.39 is 0 Å². The SMILES string of the molecule is CC(C)CN1CCCCC(N)C1c1c(Cl)cccc1Cl. The molecule has 1 heterocycles. The van der Waals surface area contributed by atoms with Crippen LogP contribution in [0.1, 0.15) is 44.7 Å². The summed E-state index contributed by atoms with van der Waals surface area (Å²) in [5.41, 5.74) is 7.46. The Kier molecular flexibility index (Phi) is 5.74. The van der Waals surface area contributed by atoms with Gasteiger partial charge in [0.2, 0.25) is 0 Å². The van der Waals surface area contributed by atoms with Gasteiger partial charge in [0.15, 0.2) is 0 Å². The van der Waals surface area contributed by atoms with Crippen molar-refractivity contribution in [2.24, 2.45) is 11.7 Å². The van der Waals surface area contributed by atoms with E-state index >= 15 is 0 Å². The number of halogens is 2. The van der Waals surface area contributed by atoms with E-state index in [1.807, 2.05) is 18.2 Å². The number of benzene rings is 1. The molecule has 2 atom stereocenters. The molecule has 1 aliphatic heterocycles. The first-order valence-corrected chi connectivity index (χ1v) is 8.20. The lowest BCUT2D eigenvalue weighted by Crippen LogP contribution is -2.41. The zero-order chi connectivity index (χ0) is 14.7. The summed E-state index contributed by atoms with van der Waals surface area (Å²) in [5.74, 6) is 0.601. The zero-order valence-corrected chi connectivity index (χ0v) is 13.8. The lowest BCUT2D eigenvalue weighted by Gasteiger charge is -2.35. The van der Waals surface area contributed by atoms with E-state index in [1.54, 1.807) is 0 Å². The van der Waals surface area contributed by atoms with Gasteiger partial charge in [0.1, 0.15) is 0 Å². The van der Waals surface area contributed by atoms with Crippen molar-refractivity contribution in [1.82, 2.24) is 4.90 Å². The van der Waals surface area contributed by atoms with Crippen molar-refractivity contribution in [3.05, 3.63) is 33.8 Å². The molecule has 1 aromatic rings. The Balaban J connectivity index is 2.40. The molecule has 2 rings (SSSR count). The fourth-order valence-electron chi connectivity index (χ4n) is 3.13. The second-order valence-corrected chi connectivity index (χ2v) is 6.94. The molecule has 1 aromatic carbocycles. The van der Waals surface area contributed by atoms with Crippen LogP contribution in [0.15, 0.2) is 18.2 Å². The lowest BCUT2D eigenvalue weighted by atomic mass is 9.95. The second kappa shape index (κ2) is 7.13. The van der Waals surface area contributed by atoms with Crippen LogP contribution >= 0.6 is 23.2 Å². The van der Waals surface area contributed by atoms with Crippen molar-refractivity contribution < 1.29 is 0 Å². The predicted molar refractivity (Wildman–Crippen MR) is 87.4 cm³/mol. The maximum absolute atomic E-state index is 6.46. The normalized spacial score (nSPS) is 24.9. The van der Waals surface area contributed by atoms with Crippen LogP contribution in [0.4, 0.5) is 0 Å². The summed E-state index contributed by atoms with van der Waals surface area (Å²) in [4.78, 5) is 2.47. The highest BCUT2D eigenvalue weighted by Gasteiger charge is 2.31. The third-order valence-electron chi connectivity index (χ3n) is 3.93. The van der Waals surface area contributed by atoms with E-state index in [0.29, 0.717) is 5.92 Å². The van der Waals surface area contributed by atoms with Gasteiger partial charge in [-0.1, -0.05) is 49.5 Å². The van der Waals surface area contributed by atoms with E-state index in [4.69, 9.17) is 28.9 Å². The van der Waals surface area contributed by atoms with Crippen molar-refractivity contribution in [1.29, 1.82) is 0 Å². The molecule has 1 saturated heterocycles. The molecule has 0 saturated carbocycles. The topological polar surface area (TPSA) is 29.3 Å². The molecule has 0 amide bonds. The van der Waals surface area contributed by atoms with Crippen LogP contribution in [-0.2, 0) is 0 Å². The van der Waals surface area contributed by atoms with Crippen LogP contribution in [0.5, 0.6) is 0 Å². The maximum Gasteiger partial charge on any atom is 0.0528 e. The lowest BCUT2D eigenvalue weighted by molar-refractivity contribution is 0.166. The highest BCUT2D eigenvalue weighted by atomic mass is 35.5. The first-order valence-electron chi connectivity index (χ1n) is 7.44.